The zero-order valence-corrected chi connectivity index (χ0v) is 10.4. The van der Waals surface area contributed by atoms with Crippen molar-refractivity contribution in [2.75, 3.05) is 0 Å². The number of aryl methyl sites for hydroxylation is 1. The predicted octanol–water partition coefficient (Wildman–Crippen LogP) is 4.35. The fourth-order valence-electron chi connectivity index (χ4n) is 1.48. The van der Waals surface area contributed by atoms with Gasteiger partial charge in [-0.25, -0.2) is 9.37 Å². The summed E-state index contributed by atoms with van der Waals surface area (Å²) in [5.41, 5.74) is 1.25. The van der Waals surface area contributed by atoms with Gasteiger partial charge in [0.15, 0.2) is 5.82 Å². The Morgan fingerprint density at radius 3 is 2.80 bits per heavy atom. The van der Waals surface area contributed by atoms with Gasteiger partial charge in [0.1, 0.15) is 10.7 Å². The van der Waals surface area contributed by atoms with Gasteiger partial charge in [0.05, 0.1) is 0 Å². The highest BCUT2D eigenvalue weighted by molar-refractivity contribution is 9.10. The molecule has 2 aromatic rings. The van der Waals surface area contributed by atoms with E-state index in [2.05, 4.69) is 20.9 Å². The maximum absolute atomic E-state index is 13.5. The molecule has 1 aromatic carbocycles. The average Bonchev–Trinajstić information content (AvgIpc) is 2.18. The number of aromatic nitrogens is 1. The van der Waals surface area contributed by atoms with E-state index in [4.69, 9.17) is 11.6 Å². The van der Waals surface area contributed by atoms with Gasteiger partial charge in [-0.15, -0.1) is 0 Å². The zero-order chi connectivity index (χ0) is 11.0. The maximum atomic E-state index is 13.5. The third-order valence-electron chi connectivity index (χ3n) is 2.24. The van der Waals surface area contributed by atoms with Crippen molar-refractivity contribution in [3.8, 4) is 0 Å². The van der Waals surface area contributed by atoms with Crippen molar-refractivity contribution in [1.82, 2.24) is 4.98 Å². The lowest BCUT2D eigenvalue weighted by Crippen LogP contribution is -1.91. The van der Waals surface area contributed by atoms with Gasteiger partial charge < -0.3 is 0 Å². The largest absolute Gasteiger partial charge is 0.233 e. The Morgan fingerprint density at radius 1 is 1.40 bits per heavy atom. The molecule has 1 heterocycles. The number of halogens is 3. The lowest BCUT2D eigenvalue weighted by molar-refractivity contribution is 0.636. The highest BCUT2D eigenvalue weighted by Crippen LogP contribution is 2.26. The van der Waals surface area contributed by atoms with Crippen LogP contribution in [0.5, 0.6) is 0 Å². The van der Waals surface area contributed by atoms with Crippen LogP contribution in [0.4, 0.5) is 4.39 Å². The molecule has 1 nitrogen and oxygen atoms in total. The van der Waals surface area contributed by atoms with Crippen LogP contribution in [0.3, 0.4) is 0 Å². The molecule has 0 N–H and O–H groups in total. The number of pyridine rings is 1. The highest BCUT2D eigenvalue weighted by Gasteiger charge is 2.08. The van der Waals surface area contributed by atoms with E-state index in [1.165, 1.54) is 6.07 Å². The maximum Gasteiger partial charge on any atom is 0.150 e. The molecule has 2 rings (SSSR count). The van der Waals surface area contributed by atoms with Crippen molar-refractivity contribution in [1.29, 1.82) is 0 Å². The first kappa shape index (κ1) is 10.8. The Morgan fingerprint density at radius 2 is 2.13 bits per heavy atom. The smallest absolute Gasteiger partial charge is 0.150 e. The van der Waals surface area contributed by atoms with Gasteiger partial charge in [0.25, 0.3) is 0 Å². The first-order valence-corrected chi connectivity index (χ1v) is 5.73. The highest BCUT2D eigenvalue weighted by atomic mass is 79.9. The number of nitrogens with zero attached hydrogens (tertiary/aromatic N) is 1. The third-order valence-corrected chi connectivity index (χ3v) is 3.03. The minimum absolute atomic E-state index is 0.320. The fraction of sp³-hybridized carbons (Fsp3) is 0.182. The van der Waals surface area contributed by atoms with Gasteiger partial charge in [0, 0.05) is 9.86 Å². The summed E-state index contributed by atoms with van der Waals surface area (Å²) in [4.78, 5) is 4.06. The SMILES string of the molecule is CCc1cc2cc(Br)cc(F)c2nc1Cl. The van der Waals surface area contributed by atoms with Crippen LogP contribution in [0.2, 0.25) is 5.15 Å². The summed E-state index contributed by atoms with van der Waals surface area (Å²) in [5.74, 6) is -0.357. The average molecular weight is 289 g/mol. The molecule has 15 heavy (non-hydrogen) atoms. The minimum atomic E-state index is -0.357. The zero-order valence-electron chi connectivity index (χ0n) is 8.02. The second-order valence-electron chi connectivity index (χ2n) is 3.25. The summed E-state index contributed by atoms with van der Waals surface area (Å²) < 4.78 is 14.2. The summed E-state index contributed by atoms with van der Waals surface area (Å²) in [7, 11) is 0. The number of hydrogen-bond donors (Lipinski definition) is 0. The van der Waals surface area contributed by atoms with Crippen molar-refractivity contribution in [2.24, 2.45) is 0 Å². The molecule has 0 aliphatic carbocycles. The molecule has 4 heteroatoms. The molecule has 0 radical (unpaired) electrons. The molecule has 0 spiro atoms. The molecule has 78 valence electrons. The van der Waals surface area contributed by atoms with Gasteiger partial charge in [-0.1, -0.05) is 34.5 Å². The number of fused-ring (bicyclic) bond motifs is 1. The van der Waals surface area contributed by atoms with Crippen LogP contribution in [-0.2, 0) is 6.42 Å². The van der Waals surface area contributed by atoms with Gasteiger partial charge in [-0.3, -0.25) is 0 Å². The summed E-state index contributed by atoms with van der Waals surface area (Å²) in [5, 5.41) is 1.15. The summed E-state index contributed by atoms with van der Waals surface area (Å²) >= 11 is 9.17. The van der Waals surface area contributed by atoms with Gasteiger partial charge >= 0.3 is 0 Å². The fourth-order valence-corrected chi connectivity index (χ4v) is 2.20. The van der Waals surface area contributed by atoms with Gasteiger partial charge in [-0.2, -0.15) is 0 Å². The predicted molar refractivity (Wildman–Crippen MR) is 63.8 cm³/mol. The molecule has 0 bridgehead atoms. The molecule has 0 fully saturated rings. The van der Waals surface area contributed by atoms with Crippen molar-refractivity contribution < 1.29 is 4.39 Å². The molecule has 0 aliphatic rings. The lowest BCUT2D eigenvalue weighted by atomic mass is 10.1. The number of rotatable bonds is 1. The number of benzene rings is 1. The Balaban J connectivity index is 2.81. The van der Waals surface area contributed by atoms with Crippen LogP contribution in [0.15, 0.2) is 22.7 Å². The lowest BCUT2D eigenvalue weighted by Gasteiger charge is -2.05. The third kappa shape index (κ3) is 1.99. The normalized spacial score (nSPS) is 10.9. The minimum Gasteiger partial charge on any atom is -0.233 e. The van der Waals surface area contributed by atoms with Crippen LogP contribution < -0.4 is 0 Å². The van der Waals surface area contributed by atoms with E-state index in [0.717, 1.165) is 17.4 Å². The van der Waals surface area contributed by atoms with Crippen molar-refractivity contribution >= 4 is 38.4 Å². The van der Waals surface area contributed by atoms with Crippen LogP contribution in [0.1, 0.15) is 12.5 Å². The second-order valence-corrected chi connectivity index (χ2v) is 4.52. The van der Waals surface area contributed by atoms with Crippen LogP contribution in [0, 0.1) is 5.82 Å². The van der Waals surface area contributed by atoms with E-state index < -0.39 is 0 Å². The molecule has 0 atom stereocenters. The van der Waals surface area contributed by atoms with E-state index in [1.807, 2.05) is 19.1 Å². The van der Waals surface area contributed by atoms with Crippen LogP contribution in [-0.4, -0.2) is 4.98 Å². The van der Waals surface area contributed by atoms with Crippen LogP contribution in [0.25, 0.3) is 10.9 Å². The quantitative estimate of drug-likeness (QED) is 0.711. The molecule has 1 aromatic heterocycles. The van der Waals surface area contributed by atoms with Crippen molar-refractivity contribution in [3.63, 3.8) is 0 Å². The van der Waals surface area contributed by atoms with Crippen molar-refractivity contribution in [2.45, 2.75) is 13.3 Å². The number of hydrogen-bond acceptors (Lipinski definition) is 1. The molecule has 0 unspecified atom stereocenters. The first-order valence-electron chi connectivity index (χ1n) is 4.56. The van der Waals surface area contributed by atoms with E-state index >= 15 is 0 Å². The molecular formula is C11H8BrClFN. The van der Waals surface area contributed by atoms with E-state index in [0.29, 0.717) is 15.1 Å². The van der Waals surface area contributed by atoms with Crippen LogP contribution >= 0.6 is 27.5 Å². The Kier molecular flexibility index (Phi) is 2.94. The molecular weight excluding hydrogens is 280 g/mol. The Labute approximate surface area is 100 Å². The van der Waals surface area contributed by atoms with Crippen molar-refractivity contribution in [3.05, 3.63) is 39.2 Å². The summed E-state index contributed by atoms with van der Waals surface area (Å²) in [6, 6.07) is 5.09. The van der Waals surface area contributed by atoms with E-state index in [1.54, 1.807) is 0 Å². The Bertz CT molecular complexity index is 527. The second kappa shape index (κ2) is 4.06. The Hall–Kier alpha value is -0.670. The molecule has 0 amide bonds. The summed E-state index contributed by atoms with van der Waals surface area (Å²) in [6.45, 7) is 1.99. The molecule has 0 saturated heterocycles. The molecule has 0 aliphatic heterocycles. The van der Waals surface area contributed by atoms with Gasteiger partial charge in [-0.05, 0) is 30.2 Å². The summed E-state index contributed by atoms with van der Waals surface area (Å²) in [6.07, 6.45) is 0.788. The molecule has 0 saturated carbocycles. The van der Waals surface area contributed by atoms with E-state index in [9.17, 15) is 4.39 Å². The van der Waals surface area contributed by atoms with E-state index in [-0.39, 0.29) is 5.82 Å². The first-order chi connectivity index (χ1) is 7.11. The topological polar surface area (TPSA) is 12.9 Å². The van der Waals surface area contributed by atoms with Gasteiger partial charge in [0.2, 0.25) is 0 Å². The monoisotopic (exact) mass is 287 g/mol. The standard InChI is InChI=1S/C11H8BrClFN/c1-2-6-3-7-4-8(12)5-9(14)10(7)15-11(6)13/h3-5H,2H2,1H3.